The summed E-state index contributed by atoms with van der Waals surface area (Å²) >= 11 is 5.88. The predicted molar refractivity (Wildman–Crippen MR) is 69.5 cm³/mol. The van der Waals surface area contributed by atoms with Crippen LogP contribution in [0, 0.1) is 0 Å². The van der Waals surface area contributed by atoms with Crippen LogP contribution in [0.25, 0.3) is 0 Å². The van der Waals surface area contributed by atoms with Gasteiger partial charge in [-0.15, -0.1) is 0 Å². The molecule has 0 fully saturated rings. The van der Waals surface area contributed by atoms with Crippen LogP contribution in [-0.4, -0.2) is 32.6 Å². The molecule has 0 spiro atoms. The van der Waals surface area contributed by atoms with Gasteiger partial charge in [0.2, 0.25) is 0 Å². The van der Waals surface area contributed by atoms with Crippen molar-refractivity contribution < 1.29 is 14.5 Å². The monoisotopic (exact) mass is 270 g/mol. The summed E-state index contributed by atoms with van der Waals surface area (Å²) in [6, 6.07) is 7.00. The summed E-state index contributed by atoms with van der Waals surface area (Å²) in [7, 11) is 3.34. The van der Waals surface area contributed by atoms with E-state index in [1.807, 2.05) is 25.2 Å². The van der Waals surface area contributed by atoms with E-state index in [4.69, 9.17) is 11.6 Å². The fourth-order valence-electron chi connectivity index (χ4n) is 1.57. The van der Waals surface area contributed by atoms with Crippen LogP contribution >= 0.6 is 11.6 Å². The van der Waals surface area contributed by atoms with Crippen LogP contribution in [0.2, 0.25) is 5.02 Å². The van der Waals surface area contributed by atoms with E-state index in [1.165, 1.54) is 7.05 Å². The van der Waals surface area contributed by atoms with Crippen molar-refractivity contribution >= 4 is 23.5 Å². The molecule has 0 aliphatic rings. The number of halogens is 1. The van der Waals surface area contributed by atoms with Crippen LogP contribution in [0.4, 0.5) is 4.79 Å². The second-order valence-corrected chi connectivity index (χ2v) is 4.50. The zero-order valence-electron chi connectivity index (χ0n) is 10.4. The molecule has 0 bridgehead atoms. The number of hydrogen-bond donors (Lipinski definition) is 3. The van der Waals surface area contributed by atoms with E-state index < -0.39 is 6.03 Å². The molecule has 0 radical (unpaired) electrons. The van der Waals surface area contributed by atoms with Crippen LogP contribution < -0.4 is 15.5 Å². The van der Waals surface area contributed by atoms with Gasteiger partial charge in [0.25, 0.3) is 5.91 Å². The molecule has 1 rings (SSSR count). The largest absolute Gasteiger partial charge is 0.341 e. The van der Waals surface area contributed by atoms with Crippen LogP contribution in [0.1, 0.15) is 5.56 Å². The lowest BCUT2D eigenvalue weighted by molar-refractivity contribution is -0.885. The first-order valence-electron chi connectivity index (χ1n) is 5.58. The number of amides is 3. The van der Waals surface area contributed by atoms with Crippen molar-refractivity contribution in [1.82, 2.24) is 10.6 Å². The zero-order chi connectivity index (χ0) is 13.5. The Morgan fingerprint density at radius 3 is 2.72 bits per heavy atom. The summed E-state index contributed by atoms with van der Waals surface area (Å²) < 4.78 is 0. The molecule has 98 valence electrons. The maximum absolute atomic E-state index is 11.5. The topological polar surface area (TPSA) is 62.6 Å². The SMILES string of the molecule is CNC(=O)NC(=O)C[NH+](C)Cc1cccc(Cl)c1. The highest BCUT2D eigenvalue weighted by Gasteiger charge is 2.12. The summed E-state index contributed by atoms with van der Waals surface area (Å²) in [6.07, 6.45) is 0. The summed E-state index contributed by atoms with van der Waals surface area (Å²) in [5.74, 6) is -0.311. The van der Waals surface area contributed by atoms with E-state index in [1.54, 1.807) is 6.07 Å². The Labute approximate surface area is 111 Å². The van der Waals surface area contributed by atoms with Crippen molar-refractivity contribution in [3.8, 4) is 0 Å². The first-order chi connectivity index (χ1) is 8.51. The Hall–Kier alpha value is -1.59. The third kappa shape index (κ3) is 5.16. The predicted octanol–water partition coefficient (Wildman–Crippen LogP) is -0.190. The van der Waals surface area contributed by atoms with Crippen molar-refractivity contribution in [2.45, 2.75) is 6.54 Å². The van der Waals surface area contributed by atoms with E-state index in [9.17, 15) is 9.59 Å². The van der Waals surface area contributed by atoms with Gasteiger partial charge in [0.15, 0.2) is 6.54 Å². The molecule has 0 saturated heterocycles. The maximum Gasteiger partial charge on any atom is 0.321 e. The van der Waals surface area contributed by atoms with Gasteiger partial charge in [-0.3, -0.25) is 10.1 Å². The van der Waals surface area contributed by atoms with Crippen LogP contribution in [0.3, 0.4) is 0 Å². The van der Waals surface area contributed by atoms with Gasteiger partial charge >= 0.3 is 6.03 Å². The Morgan fingerprint density at radius 1 is 1.39 bits per heavy atom. The van der Waals surface area contributed by atoms with Gasteiger partial charge in [-0.25, -0.2) is 4.79 Å². The van der Waals surface area contributed by atoms with Gasteiger partial charge in [-0.1, -0.05) is 23.7 Å². The van der Waals surface area contributed by atoms with Gasteiger partial charge in [0.05, 0.1) is 7.05 Å². The van der Waals surface area contributed by atoms with E-state index in [0.29, 0.717) is 11.6 Å². The van der Waals surface area contributed by atoms with E-state index in [2.05, 4.69) is 10.6 Å². The quantitative estimate of drug-likeness (QED) is 0.710. The fraction of sp³-hybridized carbons (Fsp3) is 0.333. The number of imide groups is 1. The number of hydrogen-bond acceptors (Lipinski definition) is 2. The highest BCUT2D eigenvalue weighted by Crippen LogP contribution is 2.09. The van der Waals surface area contributed by atoms with E-state index in [-0.39, 0.29) is 12.5 Å². The number of carbonyl (C=O) groups is 2. The average Bonchev–Trinajstić information content (AvgIpc) is 2.28. The van der Waals surface area contributed by atoms with E-state index in [0.717, 1.165) is 10.5 Å². The molecular formula is C12H17ClN3O2+. The maximum atomic E-state index is 11.5. The summed E-state index contributed by atoms with van der Waals surface area (Å²) in [4.78, 5) is 23.4. The van der Waals surface area contributed by atoms with Crippen molar-refractivity contribution in [1.29, 1.82) is 0 Å². The summed E-state index contributed by atoms with van der Waals surface area (Å²) in [5.41, 5.74) is 1.05. The molecule has 0 aliphatic carbocycles. The molecule has 1 aromatic rings. The zero-order valence-corrected chi connectivity index (χ0v) is 11.2. The number of likely N-dealkylation sites (N-methyl/N-ethyl adjacent to an activating group) is 1. The lowest BCUT2D eigenvalue weighted by atomic mass is 10.2. The van der Waals surface area contributed by atoms with Crippen molar-refractivity contribution in [2.24, 2.45) is 0 Å². The number of rotatable bonds is 4. The molecule has 0 saturated carbocycles. The summed E-state index contributed by atoms with van der Waals surface area (Å²) in [5, 5.41) is 5.23. The smallest absolute Gasteiger partial charge is 0.321 e. The lowest BCUT2D eigenvalue weighted by Crippen LogP contribution is -3.09. The molecule has 1 atom stereocenters. The van der Waals surface area contributed by atoms with E-state index >= 15 is 0 Å². The molecular weight excluding hydrogens is 254 g/mol. The highest BCUT2D eigenvalue weighted by atomic mass is 35.5. The van der Waals surface area contributed by atoms with Gasteiger partial charge in [-0.05, 0) is 12.1 Å². The lowest BCUT2D eigenvalue weighted by Gasteiger charge is -2.13. The highest BCUT2D eigenvalue weighted by molar-refractivity contribution is 6.30. The number of carbonyl (C=O) groups excluding carboxylic acids is 2. The molecule has 0 heterocycles. The Kier molecular flexibility index (Phi) is 5.61. The molecule has 6 heteroatoms. The molecule has 5 nitrogen and oxygen atoms in total. The van der Waals surface area contributed by atoms with Gasteiger partial charge in [-0.2, -0.15) is 0 Å². The van der Waals surface area contributed by atoms with Crippen LogP contribution in [0.15, 0.2) is 24.3 Å². The third-order valence-electron chi connectivity index (χ3n) is 2.34. The minimum absolute atomic E-state index is 0.222. The molecule has 3 amide bonds. The number of urea groups is 1. The minimum Gasteiger partial charge on any atom is -0.341 e. The summed E-state index contributed by atoms with van der Waals surface area (Å²) in [6.45, 7) is 0.891. The molecule has 1 aromatic carbocycles. The normalized spacial score (nSPS) is 11.7. The standard InChI is InChI=1S/C12H16ClN3O2/c1-14-12(18)15-11(17)8-16(2)7-9-4-3-5-10(13)6-9/h3-6H,7-8H2,1-2H3,(H2,14,15,17,18)/p+1. The fourth-order valence-corrected chi connectivity index (χ4v) is 1.78. The number of quaternary nitrogens is 1. The second kappa shape index (κ2) is 6.98. The molecule has 1 unspecified atom stereocenters. The van der Waals surface area contributed by atoms with Crippen molar-refractivity contribution in [3.05, 3.63) is 34.9 Å². The minimum atomic E-state index is -0.490. The second-order valence-electron chi connectivity index (χ2n) is 4.07. The van der Waals surface area contributed by atoms with Crippen molar-refractivity contribution in [3.63, 3.8) is 0 Å². The average molecular weight is 271 g/mol. The van der Waals surface area contributed by atoms with Gasteiger partial charge in [0.1, 0.15) is 6.54 Å². The molecule has 18 heavy (non-hydrogen) atoms. The first kappa shape index (κ1) is 14.5. The third-order valence-corrected chi connectivity index (χ3v) is 2.57. The Balaban J connectivity index is 2.44. The van der Waals surface area contributed by atoms with Crippen LogP contribution in [-0.2, 0) is 11.3 Å². The van der Waals surface area contributed by atoms with Gasteiger partial charge in [0, 0.05) is 17.6 Å². The molecule has 0 aliphatic heterocycles. The van der Waals surface area contributed by atoms with Crippen molar-refractivity contribution in [2.75, 3.05) is 20.6 Å². The number of benzene rings is 1. The number of nitrogens with one attached hydrogen (secondary N) is 3. The van der Waals surface area contributed by atoms with Gasteiger partial charge < -0.3 is 10.2 Å². The Bertz CT molecular complexity index is 437. The first-order valence-corrected chi connectivity index (χ1v) is 5.96. The Morgan fingerprint density at radius 2 is 2.11 bits per heavy atom. The molecule has 0 aromatic heterocycles. The van der Waals surface area contributed by atoms with Crippen LogP contribution in [0.5, 0.6) is 0 Å². The molecule has 3 N–H and O–H groups in total.